The summed E-state index contributed by atoms with van der Waals surface area (Å²) >= 11 is 0. The van der Waals surface area contributed by atoms with Gasteiger partial charge in [0.25, 0.3) is 0 Å². The molecule has 0 aromatic rings. The maximum absolute atomic E-state index is 12.8. The van der Waals surface area contributed by atoms with Crippen molar-refractivity contribution in [2.45, 2.75) is 70.8 Å². The molecular weight excluding hydrogens is 400 g/mol. The van der Waals surface area contributed by atoms with Crippen LogP contribution in [-0.2, 0) is 18.8 Å². The molecule has 8 heteroatoms. The number of hydrogen-bond acceptors (Lipinski definition) is 5. The molecule has 2 rings (SSSR count). The number of nitrogens with zero attached hydrogens (tertiary/aromatic N) is 1. The van der Waals surface area contributed by atoms with Gasteiger partial charge in [0.05, 0.1) is 18.1 Å². The Kier molecular flexibility index (Phi) is 7.68. The number of amides is 2. The Labute approximate surface area is 181 Å². The molecule has 7 nitrogen and oxygen atoms in total. The van der Waals surface area contributed by atoms with Crippen molar-refractivity contribution in [3.63, 3.8) is 0 Å². The van der Waals surface area contributed by atoms with Gasteiger partial charge in [-0.05, 0) is 37.0 Å². The third-order valence-corrected chi connectivity index (χ3v) is 11.0. The first-order valence-corrected chi connectivity index (χ1v) is 13.5. The molecule has 0 bridgehead atoms. The molecule has 0 aromatic heterocycles. The van der Waals surface area contributed by atoms with E-state index in [2.05, 4.69) is 45.8 Å². The van der Waals surface area contributed by atoms with Gasteiger partial charge in [0.2, 0.25) is 5.91 Å². The van der Waals surface area contributed by atoms with E-state index in [-0.39, 0.29) is 47.8 Å². The lowest BCUT2D eigenvalue weighted by atomic mass is 9.82. The summed E-state index contributed by atoms with van der Waals surface area (Å²) in [5, 5.41) is 2.93. The topological polar surface area (TPSA) is 84.9 Å². The first-order valence-electron chi connectivity index (χ1n) is 10.6. The van der Waals surface area contributed by atoms with Gasteiger partial charge < -0.3 is 19.4 Å². The maximum Gasteiger partial charge on any atom is 0.410 e. The summed E-state index contributed by atoms with van der Waals surface area (Å²) in [6.45, 7) is 17.3. The summed E-state index contributed by atoms with van der Waals surface area (Å²) in [6, 6.07) is -0.207. The Balaban J connectivity index is 1.92. The number of β-lactam (4-membered cyclic amide) rings is 1. The molecule has 2 aliphatic rings. The van der Waals surface area contributed by atoms with E-state index in [1.54, 1.807) is 11.0 Å². The van der Waals surface area contributed by atoms with Crippen LogP contribution in [0.25, 0.3) is 0 Å². The molecule has 1 saturated heterocycles. The van der Waals surface area contributed by atoms with E-state index in [4.69, 9.17) is 9.16 Å². The zero-order valence-corrected chi connectivity index (χ0v) is 20.1. The molecule has 0 radical (unpaired) electrons. The lowest BCUT2D eigenvalue weighted by Gasteiger charge is -2.45. The van der Waals surface area contributed by atoms with Gasteiger partial charge in [-0.3, -0.25) is 9.59 Å². The van der Waals surface area contributed by atoms with Gasteiger partial charge >= 0.3 is 6.09 Å². The van der Waals surface area contributed by atoms with E-state index in [1.807, 2.05) is 6.92 Å². The third kappa shape index (κ3) is 5.60. The Morgan fingerprint density at radius 3 is 2.57 bits per heavy atom. The lowest BCUT2D eigenvalue weighted by molar-refractivity contribution is -0.141. The fraction of sp³-hybridized carbons (Fsp3) is 0.682. The van der Waals surface area contributed by atoms with Crippen LogP contribution < -0.4 is 5.32 Å². The van der Waals surface area contributed by atoms with E-state index in [0.29, 0.717) is 25.1 Å². The van der Waals surface area contributed by atoms with Crippen LogP contribution >= 0.6 is 0 Å². The van der Waals surface area contributed by atoms with Crippen LogP contribution in [0.5, 0.6) is 0 Å². The highest BCUT2D eigenvalue weighted by Gasteiger charge is 2.48. The molecule has 2 amide bonds. The van der Waals surface area contributed by atoms with E-state index >= 15 is 0 Å². The number of nitrogens with one attached hydrogen (secondary N) is 1. The van der Waals surface area contributed by atoms with E-state index in [9.17, 15) is 14.4 Å². The third-order valence-electron chi connectivity index (χ3n) is 6.41. The maximum atomic E-state index is 12.8. The number of hydrogen-bond donors (Lipinski definition) is 1. The number of Topliss-reactive ketones (excluding diaryl/α,β-unsaturated/α-hetero) is 1. The fourth-order valence-electron chi connectivity index (χ4n) is 3.53. The summed E-state index contributed by atoms with van der Waals surface area (Å²) in [4.78, 5) is 38.4. The van der Waals surface area contributed by atoms with Crippen LogP contribution in [0.2, 0.25) is 18.1 Å². The van der Waals surface area contributed by atoms with Crippen LogP contribution in [-0.4, -0.2) is 62.8 Å². The summed E-state index contributed by atoms with van der Waals surface area (Å²) < 4.78 is 11.4. The minimum Gasteiger partial charge on any atom is -0.445 e. The second-order valence-electron chi connectivity index (χ2n) is 9.64. The predicted molar refractivity (Wildman–Crippen MR) is 119 cm³/mol. The molecule has 168 valence electrons. The van der Waals surface area contributed by atoms with Crippen LogP contribution in [0.3, 0.4) is 0 Å². The van der Waals surface area contributed by atoms with Crippen LogP contribution in [0.4, 0.5) is 4.79 Å². The van der Waals surface area contributed by atoms with Gasteiger partial charge in [0, 0.05) is 19.5 Å². The van der Waals surface area contributed by atoms with Crippen LogP contribution in [0.15, 0.2) is 24.3 Å². The zero-order chi connectivity index (χ0) is 22.7. The SMILES string of the molecule is C=CCOC(=O)N1CC=C(C(=O)C[C@H]2NC(=O)[C@@H]2[C@@H](C)O[Si](C)(C)C(C)(C)C)CC1. The number of ether oxygens (including phenoxy) is 1. The van der Waals surface area contributed by atoms with Crippen molar-refractivity contribution in [1.29, 1.82) is 0 Å². The van der Waals surface area contributed by atoms with Crippen molar-refractivity contribution in [1.82, 2.24) is 10.2 Å². The summed E-state index contributed by atoms with van der Waals surface area (Å²) in [7, 11) is -2.00. The van der Waals surface area contributed by atoms with Crippen molar-refractivity contribution in [3.8, 4) is 0 Å². The van der Waals surface area contributed by atoms with Gasteiger partial charge in [-0.25, -0.2) is 4.79 Å². The molecular formula is C22H36N2O5Si. The van der Waals surface area contributed by atoms with Crippen molar-refractivity contribution >= 4 is 26.1 Å². The highest BCUT2D eigenvalue weighted by Crippen LogP contribution is 2.39. The summed E-state index contributed by atoms with van der Waals surface area (Å²) in [5.41, 5.74) is 0.709. The molecule has 30 heavy (non-hydrogen) atoms. The Morgan fingerprint density at radius 1 is 1.40 bits per heavy atom. The summed E-state index contributed by atoms with van der Waals surface area (Å²) in [6.07, 6.45) is 3.42. The predicted octanol–water partition coefficient (Wildman–Crippen LogP) is 3.43. The molecule has 0 unspecified atom stereocenters. The largest absolute Gasteiger partial charge is 0.445 e. The van der Waals surface area contributed by atoms with Crippen molar-refractivity contribution in [3.05, 3.63) is 24.3 Å². The van der Waals surface area contributed by atoms with Crippen LogP contribution in [0.1, 0.15) is 40.5 Å². The second kappa shape index (κ2) is 9.47. The minimum absolute atomic E-state index is 0.0173. The fourth-order valence-corrected chi connectivity index (χ4v) is 4.96. The van der Waals surface area contributed by atoms with Crippen molar-refractivity contribution in [2.75, 3.05) is 19.7 Å². The first-order chi connectivity index (χ1) is 13.9. The van der Waals surface area contributed by atoms with Gasteiger partial charge in [0.15, 0.2) is 14.1 Å². The number of rotatable bonds is 8. The Hall–Kier alpha value is -1.93. The molecule has 1 N–H and O–H groups in total. The molecule has 3 atom stereocenters. The number of ketones is 1. The first kappa shape index (κ1) is 24.3. The van der Waals surface area contributed by atoms with Gasteiger partial charge in [-0.2, -0.15) is 0 Å². The van der Waals surface area contributed by atoms with E-state index < -0.39 is 14.4 Å². The van der Waals surface area contributed by atoms with Crippen molar-refractivity contribution < 1.29 is 23.5 Å². The molecule has 0 spiro atoms. The zero-order valence-electron chi connectivity index (χ0n) is 19.1. The highest BCUT2D eigenvalue weighted by molar-refractivity contribution is 6.74. The highest BCUT2D eigenvalue weighted by atomic mass is 28.4. The van der Waals surface area contributed by atoms with Crippen molar-refractivity contribution in [2.24, 2.45) is 5.92 Å². The lowest BCUT2D eigenvalue weighted by Crippen LogP contribution is -2.64. The van der Waals surface area contributed by atoms with E-state index in [0.717, 1.165) is 0 Å². The Morgan fingerprint density at radius 2 is 2.07 bits per heavy atom. The molecule has 0 aliphatic carbocycles. The smallest absolute Gasteiger partial charge is 0.410 e. The molecule has 2 heterocycles. The standard InChI is InChI=1S/C22H36N2O5Si/c1-8-13-28-21(27)24-11-9-16(10-12-24)18(25)14-17-19(20(26)23-17)15(2)29-30(6,7)22(3,4)5/h8-9,15,17,19H,1,10-14H2,2-7H3,(H,23,26)/t15-,17-,19-/m1/s1. The number of carbonyl (C=O) groups is 3. The average Bonchev–Trinajstić information content (AvgIpc) is 2.64. The van der Waals surface area contributed by atoms with E-state index in [1.165, 1.54) is 6.08 Å². The normalized spacial score (nSPS) is 23.1. The molecule has 0 aromatic carbocycles. The van der Waals surface area contributed by atoms with Gasteiger partial charge in [-0.1, -0.05) is 39.5 Å². The van der Waals surface area contributed by atoms with Crippen LogP contribution in [0, 0.1) is 5.92 Å². The molecule has 0 saturated carbocycles. The number of carbonyl (C=O) groups excluding carboxylic acids is 3. The monoisotopic (exact) mass is 436 g/mol. The minimum atomic E-state index is -2.00. The molecule has 1 fully saturated rings. The summed E-state index contributed by atoms with van der Waals surface area (Å²) in [5.74, 6) is -0.339. The van der Waals surface area contributed by atoms with Gasteiger partial charge in [0.1, 0.15) is 6.61 Å². The quantitative estimate of drug-likeness (QED) is 0.358. The van der Waals surface area contributed by atoms with Gasteiger partial charge in [-0.15, -0.1) is 0 Å². The second-order valence-corrected chi connectivity index (χ2v) is 14.4. The Bertz CT molecular complexity index is 726. The average molecular weight is 437 g/mol. The molecule has 2 aliphatic heterocycles.